The Hall–Kier alpha value is -2.32. The Bertz CT molecular complexity index is 715. The van der Waals surface area contributed by atoms with Gasteiger partial charge in [-0.25, -0.2) is 4.79 Å². The van der Waals surface area contributed by atoms with Crippen LogP contribution in [0.2, 0.25) is 0 Å². The predicted molar refractivity (Wildman–Crippen MR) is 117 cm³/mol. The molecule has 0 atom stereocenters. The molecule has 8 nitrogen and oxygen atoms in total. The minimum Gasteiger partial charge on any atom is -0.493 e. The predicted octanol–water partition coefficient (Wildman–Crippen LogP) is 2.00. The van der Waals surface area contributed by atoms with E-state index in [1.54, 1.807) is 14.2 Å². The van der Waals surface area contributed by atoms with Crippen molar-refractivity contribution in [3.8, 4) is 11.5 Å². The maximum Gasteiger partial charge on any atom is 0.321 e. The monoisotopic (exact) mass is 420 g/mol. The summed E-state index contributed by atoms with van der Waals surface area (Å²) in [5.74, 6) is 1.73. The molecule has 2 rings (SSSR count). The van der Waals surface area contributed by atoms with Gasteiger partial charge in [-0.15, -0.1) is 0 Å². The van der Waals surface area contributed by atoms with Gasteiger partial charge in [-0.2, -0.15) is 0 Å². The van der Waals surface area contributed by atoms with Crippen molar-refractivity contribution >= 4 is 11.9 Å². The number of nitrogens with zero attached hydrogens (tertiary/aromatic N) is 2. The zero-order valence-electron chi connectivity index (χ0n) is 18.9. The number of methoxy groups -OCH3 is 2. The lowest BCUT2D eigenvalue weighted by Gasteiger charge is -2.34. The Labute approximate surface area is 179 Å². The first-order valence-corrected chi connectivity index (χ1v) is 10.6. The number of benzene rings is 1. The molecule has 1 aromatic rings. The van der Waals surface area contributed by atoms with Crippen molar-refractivity contribution < 1.29 is 19.1 Å². The normalized spacial score (nSPS) is 15.1. The van der Waals surface area contributed by atoms with Gasteiger partial charge in [0.15, 0.2) is 11.5 Å². The molecule has 0 aliphatic carbocycles. The number of rotatable bonds is 9. The van der Waals surface area contributed by atoms with Crippen LogP contribution in [0.25, 0.3) is 0 Å². The molecule has 0 aromatic heterocycles. The number of ether oxygens (including phenoxy) is 2. The fraction of sp³-hybridized carbons (Fsp3) is 0.636. The van der Waals surface area contributed by atoms with E-state index in [1.807, 2.05) is 12.1 Å². The van der Waals surface area contributed by atoms with E-state index < -0.39 is 6.03 Å². The lowest BCUT2D eigenvalue weighted by Crippen LogP contribution is -2.50. The average molecular weight is 421 g/mol. The smallest absolute Gasteiger partial charge is 0.321 e. The Balaban J connectivity index is 1.76. The summed E-state index contributed by atoms with van der Waals surface area (Å²) in [6.07, 6.45) is 0.892. The Morgan fingerprint density at radius 2 is 1.63 bits per heavy atom. The van der Waals surface area contributed by atoms with Crippen LogP contribution in [0, 0.1) is 12.8 Å². The van der Waals surface area contributed by atoms with Crippen molar-refractivity contribution in [1.29, 1.82) is 0 Å². The highest BCUT2D eigenvalue weighted by Gasteiger charge is 2.21. The van der Waals surface area contributed by atoms with E-state index in [9.17, 15) is 9.59 Å². The number of aryl methyl sites for hydroxylation is 1. The van der Waals surface area contributed by atoms with E-state index in [-0.39, 0.29) is 12.5 Å². The quantitative estimate of drug-likeness (QED) is 0.636. The van der Waals surface area contributed by atoms with Crippen molar-refractivity contribution in [2.75, 3.05) is 53.5 Å². The summed E-state index contributed by atoms with van der Waals surface area (Å²) in [5, 5.41) is 5.14. The molecule has 1 heterocycles. The minimum absolute atomic E-state index is 0.237. The summed E-state index contributed by atoms with van der Waals surface area (Å²) < 4.78 is 10.8. The molecule has 168 valence electrons. The molecule has 0 saturated carbocycles. The largest absolute Gasteiger partial charge is 0.493 e. The van der Waals surface area contributed by atoms with E-state index in [0.717, 1.165) is 56.2 Å². The molecule has 1 aliphatic rings. The van der Waals surface area contributed by atoms with Crippen LogP contribution in [0.15, 0.2) is 12.1 Å². The molecule has 30 heavy (non-hydrogen) atoms. The average Bonchev–Trinajstić information content (AvgIpc) is 2.70. The second kappa shape index (κ2) is 11.8. The summed E-state index contributed by atoms with van der Waals surface area (Å²) in [7, 11) is 3.28. The van der Waals surface area contributed by atoms with Crippen molar-refractivity contribution in [3.63, 3.8) is 0 Å². The summed E-state index contributed by atoms with van der Waals surface area (Å²) in [6, 6.07) is 3.62. The summed E-state index contributed by atoms with van der Waals surface area (Å²) in [5.41, 5.74) is 2.37. The zero-order chi connectivity index (χ0) is 22.1. The summed E-state index contributed by atoms with van der Waals surface area (Å²) >= 11 is 0. The number of nitrogens with one attached hydrogen (secondary N) is 2. The van der Waals surface area contributed by atoms with Gasteiger partial charge in [-0.1, -0.05) is 13.8 Å². The first-order valence-electron chi connectivity index (χ1n) is 10.6. The van der Waals surface area contributed by atoms with Crippen LogP contribution in [0.4, 0.5) is 4.79 Å². The lowest BCUT2D eigenvalue weighted by molar-refractivity contribution is -0.121. The van der Waals surface area contributed by atoms with Gasteiger partial charge in [0.1, 0.15) is 0 Å². The SMILES string of the molecule is COc1cc(C)c(CN2CCN(CC(=O)NC(=O)NCCC(C)C)CC2)cc1OC. The van der Waals surface area contributed by atoms with Crippen LogP contribution >= 0.6 is 0 Å². The second-order valence-corrected chi connectivity index (χ2v) is 8.17. The van der Waals surface area contributed by atoms with Crippen LogP contribution in [0.5, 0.6) is 11.5 Å². The maximum atomic E-state index is 12.1. The van der Waals surface area contributed by atoms with Crippen LogP contribution in [0.3, 0.4) is 0 Å². The minimum atomic E-state index is -0.414. The van der Waals surface area contributed by atoms with Crippen molar-refractivity contribution in [2.45, 2.75) is 33.7 Å². The number of piperazine rings is 1. The van der Waals surface area contributed by atoms with Crippen molar-refractivity contribution in [2.24, 2.45) is 5.92 Å². The number of amides is 3. The lowest BCUT2D eigenvalue weighted by atomic mass is 10.1. The Kier molecular flexibility index (Phi) is 9.39. The fourth-order valence-electron chi connectivity index (χ4n) is 3.43. The van der Waals surface area contributed by atoms with Gasteiger partial charge in [0.05, 0.1) is 20.8 Å². The van der Waals surface area contributed by atoms with E-state index in [0.29, 0.717) is 12.5 Å². The number of urea groups is 1. The first-order chi connectivity index (χ1) is 14.3. The van der Waals surface area contributed by atoms with E-state index in [4.69, 9.17) is 9.47 Å². The molecule has 1 fully saturated rings. The van der Waals surface area contributed by atoms with Gasteiger partial charge < -0.3 is 14.8 Å². The number of imide groups is 1. The summed E-state index contributed by atoms with van der Waals surface area (Å²) in [4.78, 5) is 28.3. The Morgan fingerprint density at radius 3 is 2.23 bits per heavy atom. The number of hydrogen-bond donors (Lipinski definition) is 2. The molecule has 0 spiro atoms. The third kappa shape index (κ3) is 7.50. The molecule has 1 aliphatic heterocycles. The van der Waals surface area contributed by atoms with Gasteiger partial charge in [-0.3, -0.25) is 19.9 Å². The third-order valence-corrected chi connectivity index (χ3v) is 5.33. The second-order valence-electron chi connectivity index (χ2n) is 8.17. The number of carbonyl (C=O) groups excluding carboxylic acids is 2. The molecule has 3 amide bonds. The standard InChI is InChI=1S/C22H36N4O4/c1-16(2)6-7-23-22(28)24-21(27)15-26-10-8-25(9-11-26)14-18-13-20(30-5)19(29-4)12-17(18)3/h12-13,16H,6-11,14-15H2,1-5H3,(H2,23,24,27,28). The highest BCUT2D eigenvalue weighted by atomic mass is 16.5. The van der Waals surface area contributed by atoms with Gasteiger partial charge >= 0.3 is 6.03 Å². The Morgan fingerprint density at radius 1 is 1.03 bits per heavy atom. The maximum absolute atomic E-state index is 12.1. The van der Waals surface area contributed by atoms with E-state index in [2.05, 4.69) is 41.2 Å². The molecule has 0 radical (unpaired) electrons. The topological polar surface area (TPSA) is 83.1 Å². The van der Waals surface area contributed by atoms with Crippen molar-refractivity contribution in [1.82, 2.24) is 20.4 Å². The fourth-order valence-corrected chi connectivity index (χ4v) is 3.43. The first kappa shape index (κ1) is 24.0. The van der Waals surface area contributed by atoms with Gasteiger partial charge in [0.2, 0.25) is 5.91 Å². The molecular weight excluding hydrogens is 384 g/mol. The van der Waals surface area contributed by atoms with Gasteiger partial charge in [-0.05, 0) is 42.5 Å². The van der Waals surface area contributed by atoms with Crippen LogP contribution in [0.1, 0.15) is 31.4 Å². The third-order valence-electron chi connectivity index (χ3n) is 5.33. The highest BCUT2D eigenvalue weighted by Crippen LogP contribution is 2.30. The van der Waals surface area contributed by atoms with Gasteiger partial charge in [0, 0.05) is 39.3 Å². The molecule has 1 aromatic carbocycles. The van der Waals surface area contributed by atoms with E-state index in [1.165, 1.54) is 5.56 Å². The highest BCUT2D eigenvalue weighted by molar-refractivity contribution is 5.95. The zero-order valence-corrected chi connectivity index (χ0v) is 18.9. The molecule has 1 saturated heterocycles. The molecule has 2 N–H and O–H groups in total. The molecule has 8 heteroatoms. The molecule has 0 bridgehead atoms. The van der Waals surface area contributed by atoms with Crippen LogP contribution < -0.4 is 20.1 Å². The number of carbonyl (C=O) groups is 2. The van der Waals surface area contributed by atoms with Crippen LogP contribution in [-0.2, 0) is 11.3 Å². The summed E-state index contributed by atoms with van der Waals surface area (Å²) in [6.45, 7) is 11.2. The van der Waals surface area contributed by atoms with Crippen LogP contribution in [-0.4, -0.2) is 75.2 Å². The van der Waals surface area contributed by atoms with Gasteiger partial charge in [0.25, 0.3) is 0 Å². The molecule has 0 unspecified atom stereocenters. The van der Waals surface area contributed by atoms with E-state index >= 15 is 0 Å². The number of hydrogen-bond acceptors (Lipinski definition) is 6. The van der Waals surface area contributed by atoms with Crippen molar-refractivity contribution in [3.05, 3.63) is 23.3 Å². The molecular formula is C22H36N4O4.